The number of aromatic nitrogens is 1. The van der Waals surface area contributed by atoms with Gasteiger partial charge in [0.2, 0.25) is 5.69 Å². The van der Waals surface area contributed by atoms with E-state index in [1.54, 1.807) is 6.08 Å². The summed E-state index contributed by atoms with van der Waals surface area (Å²) >= 11 is 0. The molecule has 1 aromatic heterocycles. The monoisotopic (exact) mass is 346 g/mol. The van der Waals surface area contributed by atoms with Crippen LogP contribution < -0.4 is 4.57 Å². The van der Waals surface area contributed by atoms with E-state index < -0.39 is 16.1 Å². The number of aryl methyl sites for hydroxylation is 1. The Kier molecular flexibility index (Phi) is 8.66. The van der Waals surface area contributed by atoms with Gasteiger partial charge in [0.25, 0.3) is 10.1 Å². The molecule has 0 aromatic carbocycles. The first-order valence-electron chi connectivity index (χ1n) is 7.03. The molecule has 0 unspecified atom stereocenters. The topological polar surface area (TPSA) is 95.5 Å². The molecule has 0 aliphatic rings. The Morgan fingerprint density at radius 1 is 1.35 bits per heavy atom. The molecule has 0 fully saturated rings. The van der Waals surface area contributed by atoms with Gasteiger partial charge in [0.15, 0.2) is 12.7 Å². The van der Waals surface area contributed by atoms with Crippen molar-refractivity contribution in [1.29, 1.82) is 0 Å². The van der Waals surface area contributed by atoms with Gasteiger partial charge < -0.3 is 9.59 Å². The molecule has 0 aliphatic heterocycles. The van der Waals surface area contributed by atoms with Gasteiger partial charge in [0.05, 0.1) is 26.9 Å². The van der Waals surface area contributed by atoms with E-state index in [9.17, 15) is 13.2 Å². The van der Waals surface area contributed by atoms with Crippen molar-refractivity contribution in [3.8, 4) is 0 Å². The fraction of sp³-hybridized carbons (Fsp3) is 0.467. The van der Waals surface area contributed by atoms with Gasteiger partial charge in [0.1, 0.15) is 6.54 Å². The fourth-order valence-corrected chi connectivity index (χ4v) is 2.20. The van der Waals surface area contributed by atoms with Crippen LogP contribution in [0.15, 0.2) is 31.0 Å². The molecule has 23 heavy (non-hydrogen) atoms. The van der Waals surface area contributed by atoms with Crippen molar-refractivity contribution in [3.63, 3.8) is 0 Å². The van der Waals surface area contributed by atoms with Crippen LogP contribution in [0.1, 0.15) is 12.1 Å². The fourth-order valence-electron chi connectivity index (χ4n) is 1.70. The molecule has 2 N–H and O–H groups in total. The number of carboxylic acids is 1. The molecule has 7 nitrogen and oxygen atoms in total. The molecule has 0 amide bonds. The SMILES string of the molecule is C=Cc1cccc[n+]1CCCS(=O)(=O)O.C[N+](C)(C)CC(=O)O. The lowest BCUT2D eigenvalue weighted by Gasteiger charge is -2.20. The molecule has 0 saturated carbocycles. The highest BCUT2D eigenvalue weighted by molar-refractivity contribution is 7.85. The van der Waals surface area contributed by atoms with E-state index >= 15 is 0 Å². The summed E-state index contributed by atoms with van der Waals surface area (Å²) < 4.78 is 31.9. The maximum Gasteiger partial charge on any atom is 0.359 e. The maximum atomic E-state index is 10.5. The molecule has 0 saturated heterocycles. The normalized spacial score (nSPS) is 11.3. The van der Waals surface area contributed by atoms with Gasteiger partial charge in [-0.2, -0.15) is 13.0 Å². The summed E-state index contributed by atoms with van der Waals surface area (Å²) in [5, 5.41) is 8.23. The molecule has 8 heteroatoms. The number of pyridine rings is 1. The number of carboxylic acid groups (broad SMARTS) is 1. The van der Waals surface area contributed by atoms with Gasteiger partial charge in [0, 0.05) is 24.6 Å². The predicted octanol–water partition coefficient (Wildman–Crippen LogP) is 0.672. The Morgan fingerprint density at radius 2 is 1.96 bits per heavy atom. The number of quaternary nitrogens is 1. The molecular weight excluding hydrogens is 320 g/mol. The van der Waals surface area contributed by atoms with E-state index in [-0.39, 0.29) is 12.3 Å². The molecular formula is C15H26N2O5S+2. The zero-order valence-electron chi connectivity index (χ0n) is 13.8. The second-order valence-electron chi connectivity index (χ2n) is 6.00. The first-order valence-corrected chi connectivity index (χ1v) is 8.64. The van der Waals surface area contributed by atoms with Crippen LogP contribution in [0.3, 0.4) is 0 Å². The number of aliphatic carboxylic acids is 1. The van der Waals surface area contributed by atoms with Crippen LogP contribution in [-0.4, -0.2) is 62.0 Å². The summed E-state index contributed by atoms with van der Waals surface area (Å²) in [7, 11) is 1.67. The van der Waals surface area contributed by atoms with Gasteiger partial charge in [-0.15, -0.1) is 0 Å². The van der Waals surface area contributed by atoms with Crippen molar-refractivity contribution in [3.05, 3.63) is 36.7 Å². The molecule has 0 aliphatic carbocycles. The number of rotatable bonds is 7. The zero-order chi connectivity index (χ0) is 18.1. The van der Waals surface area contributed by atoms with Crippen molar-refractivity contribution in [2.75, 3.05) is 33.4 Å². The number of hydrogen-bond donors (Lipinski definition) is 2. The first-order chi connectivity index (χ1) is 10.4. The van der Waals surface area contributed by atoms with E-state index in [1.165, 1.54) is 0 Å². The van der Waals surface area contributed by atoms with Crippen molar-refractivity contribution >= 4 is 22.2 Å². The lowest BCUT2D eigenvalue weighted by molar-refractivity contribution is -0.862. The van der Waals surface area contributed by atoms with Crippen molar-refractivity contribution in [2.24, 2.45) is 0 Å². The predicted molar refractivity (Wildman–Crippen MR) is 88.3 cm³/mol. The van der Waals surface area contributed by atoms with Crippen LogP contribution in [0.5, 0.6) is 0 Å². The van der Waals surface area contributed by atoms with Crippen LogP contribution in [0.2, 0.25) is 0 Å². The van der Waals surface area contributed by atoms with Gasteiger partial charge >= 0.3 is 5.97 Å². The minimum atomic E-state index is -3.85. The Hall–Kier alpha value is -1.77. The van der Waals surface area contributed by atoms with Crippen LogP contribution in [0.25, 0.3) is 6.08 Å². The van der Waals surface area contributed by atoms with Crippen molar-refractivity contribution < 1.29 is 31.9 Å². The van der Waals surface area contributed by atoms with E-state index in [2.05, 4.69) is 6.58 Å². The van der Waals surface area contributed by atoms with Crippen LogP contribution in [-0.2, 0) is 21.5 Å². The average Bonchev–Trinajstić information content (AvgIpc) is 2.35. The summed E-state index contributed by atoms with van der Waals surface area (Å²) in [4.78, 5) is 10.00. The van der Waals surface area contributed by atoms with Gasteiger partial charge in [-0.1, -0.05) is 6.58 Å². The average molecular weight is 346 g/mol. The maximum absolute atomic E-state index is 10.5. The quantitative estimate of drug-likeness (QED) is 0.430. The standard InChI is InChI=1S/C10H13NO3S.C5H11NO2/c1-2-10-6-3-4-7-11(10)8-5-9-15(12,13)14;1-6(2,3)4-5(7)8/h2-4,6-7H,1,5,8-9H2;4H2,1-3H3/p+2. The first kappa shape index (κ1) is 21.2. The summed E-state index contributed by atoms with van der Waals surface area (Å²) in [6, 6.07) is 5.64. The third-order valence-electron chi connectivity index (χ3n) is 2.60. The summed E-state index contributed by atoms with van der Waals surface area (Å²) in [6.07, 6.45) is 3.93. The third-order valence-corrected chi connectivity index (χ3v) is 3.40. The van der Waals surface area contributed by atoms with Crippen LogP contribution >= 0.6 is 0 Å². The summed E-state index contributed by atoms with van der Waals surface area (Å²) in [6.45, 7) is 4.38. The zero-order valence-corrected chi connectivity index (χ0v) is 14.7. The van der Waals surface area contributed by atoms with E-state index in [1.807, 2.05) is 50.1 Å². The smallest absolute Gasteiger partial charge is 0.359 e. The van der Waals surface area contributed by atoms with Crippen LogP contribution in [0, 0.1) is 0 Å². The van der Waals surface area contributed by atoms with Crippen LogP contribution in [0.4, 0.5) is 0 Å². The van der Waals surface area contributed by atoms with Gasteiger partial charge in [-0.05, 0) is 6.07 Å². The Bertz CT molecular complexity index is 621. The molecule has 0 atom stereocenters. The third kappa shape index (κ3) is 12.5. The van der Waals surface area contributed by atoms with Crippen molar-refractivity contribution in [2.45, 2.75) is 13.0 Å². The molecule has 1 heterocycles. The summed E-state index contributed by atoms with van der Waals surface area (Å²) in [5.41, 5.74) is 0.924. The molecule has 1 rings (SSSR count). The highest BCUT2D eigenvalue weighted by atomic mass is 32.2. The lowest BCUT2D eigenvalue weighted by Crippen LogP contribution is -2.39. The Morgan fingerprint density at radius 3 is 2.35 bits per heavy atom. The molecule has 0 radical (unpaired) electrons. The van der Waals surface area contributed by atoms with E-state index in [0.717, 1.165) is 5.69 Å². The number of nitrogens with zero attached hydrogens (tertiary/aromatic N) is 2. The van der Waals surface area contributed by atoms with E-state index in [0.29, 0.717) is 17.4 Å². The highest BCUT2D eigenvalue weighted by Crippen LogP contribution is 1.95. The van der Waals surface area contributed by atoms with Gasteiger partial charge in [-0.3, -0.25) is 4.55 Å². The second-order valence-corrected chi connectivity index (χ2v) is 7.58. The number of hydrogen-bond acceptors (Lipinski definition) is 3. The molecule has 0 bridgehead atoms. The molecule has 130 valence electrons. The minimum absolute atomic E-state index is 0.181. The molecule has 0 spiro atoms. The van der Waals surface area contributed by atoms with Crippen molar-refractivity contribution in [1.82, 2.24) is 0 Å². The highest BCUT2D eigenvalue weighted by Gasteiger charge is 2.11. The summed E-state index contributed by atoms with van der Waals surface area (Å²) in [5.74, 6) is -0.969. The van der Waals surface area contributed by atoms with Gasteiger partial charge in [-0.25, -0.2) is 4.79 Å². The number of likely N-dealkylation sites (N-methyl/N-ethyl adjacent to an activating group) is 1. The Labute approximate surface area is 137 Å². The lowest BCUT2D eigenvalue weighted by atomic mass is 10.3. The largest absolute Gasteiger partial charge is 0.477 e. The molecule has 1 aromatic rings. The minimum Gasteiger partial charge on any atom is -0.477 e. The Balaban J connectivity index is 0.000000515. The van der Waals surface area contributed by atoms with E-state index in [4.69, 9.17) is 9.66 Å². The second kappa shape index (κ2) is 9.39. The number of carbonyl (C=O) groups is 1.